The Hall–Kier alpha value is -1.32. The second-order valence-electron chi connectivity index (χ2n) is 4.63. The standard InChI is InChI=1S/C16H21NOS/c1-13-11-15(14(2)19-13)12-17-9-6-10-18-16-7-4-3-5-8-16/h3-5,7-8,11,17H,6,9-10,12H2,1-2H3. The van der Waals surface area contributed by atoms with E-state index in [9.17, 15) is 0 Å². The summed E-state index contributed by atoms with van der Waals surface area (Å²) in [4.78, 5) is 2.81. The van der Waals surface area contributed by atoms with Crippen molar-refractivity contribution in [2.45, 2.75) is 26.8 Å². The van der Waals surface area contributed by atoms with Gasteiger partial charge < -0.3 is 10.1 Å². The topological polar surface area (TPSA) is 21.3 Å². The molecule has 2 aromatic rings. The van der Waals surface area contributed by atoms with E-state index < -0.39 is 0 Å². The van der Waals surface area contributed by atoms with Gasteiger partial charge in [-0.15, -0.1) is 11.3 Å². The highest BCUT2D eigenvalue weighted by molar-refractivity contribution is 7.12. The molecular weight excluding hydrogens is 254 g/mol. The molecule has 1 aromatic heterocycles. The largest absolute Gasteiger partial charge is 0.494 e. The van der Waals surface area contributed by atoms with Crippen LogP contribution >= 0.6 is 11.3 Å². The van der Waals surface area contributed by atoms with Crippen molar-refractivity contribution in [3.05, 3.63) is 51.7 Å². The number of para-hydroxylation sites is 1. The number of benzene rings is 1. The van der Waals surface area contributed by atoms with E-state index in [4.69, 9.17) is 4.74 Å². The third-order valence-electron chi connectivity index (χ3n) is 2.97. The van der Waals surface area contributed by atoms with E-state index in [1.807, 2.05) is 41.7 Å². The second-order valence-corrected chi connectivity index (χ2v) is 6.09. The van der Waals surface area contributed by atoms with Crippen molar-refractivity contribution in [3.63, 3.8) is 0 Å². The van der Waals surface area contributed by atoms with Crippen LogP contribution in [0.25, 0.3) is 0 Å². The van der Waals surface area contributed by atoms with E-state index in [-0.39, 0.29) is 0 Å². The second kappa shape index (κ2) is 7.31. The first-order valence-electron chi connectivity index (χ1n) is 6.70. The molecule has 0 aliphatic rings. The van der Waals surface area contributed by atoms with Gasteiger partial charge in [-0.2, -0.15) is 0 Å². The van der Waals surface area contributed by atoms with Gasteiger partial charge in [0.15, 0.2) is 0 Å². The van der Waals surface area contributed by atoms with Crippen molar-refractivity contribution in [2.24, 2.45) is 0 Å². The maximum atomic E-state index is 5.65. The summed E-state index contributed by atoms with van der Waals surface area (Å²) in [5, 5.41) is 3.47. The summed E-state index contributed by atoms with van der Waals surface area (Å²) in [6.07, 6.45) is 1.02. The Balaban J connectivity index is 1.59. The lowest BCUT2D eigenvalue weighted by Crippen LogP contribution is -2.17. The molecule has 2 nitrogen and oxygen atoms in total. The average Bonchev–Trinajstić information content (AvgIpc) is 2.73. The number of thiophene rings is 1. The van der Waals surface area contributed by atoms with Crippen LogP contribution in [0.4, 0.5) is 0 Å². The number of nitrogens with one attached hydrogen (secondary N) is 1. The first-order chi connectivity index (χ1) is 9.25. The Morgan fingerprint density at radius 3 is 2.63 bits per heavy atom. The van der Waals surface area contributed by atoms with Gasteiger partial charge in [0.25, 0.3) is 0 Å². The average molecular weight is 275 g/mol. The molecule has 0 aliphatic carbocycles. The Bertz CT molecular complexity index is 493. The smallest absolute Gasteiger partial charge is 0.119 e. The summed E-state index contributed by atoms with van der Waals surface area (Å²) in [7, 11) is 0. The third-order valence-corrected chi connectivity index (χ3v) is 3.98. The van der Waals surface area contributed by atoms with Crippen LogP contribution in [0.5, 0.6) is 5.75 Å². The molecule has 102 valence electrons. The predicted molar refractivity (Wildman–Crippen MR) is 82.1 cm³/mol. The van der Waals surface area contributed by atoms with Gasteiger partial charge in [-0.3, -0.25) is 0 Å². The third kappa shape index (κ3) is 4.69. The molecule has 19 heavy (non-hydrogen) atoms. The number of ether oxygens (including phenoxy) is 1. The molecule has 0 fully saturated rings. The van der Waals surface area contributed by atoms with Crippen LogP contribution in [0.1, 0.15) is 21.7 Å². The predicted octanol–water partition coefficient (Wildman–Crippen LogP) is 3.92. The van der Waals surface area contributed by atoms with Gasteiger partial charge in [0.2, 0.25) is 0 Å². The van der Waals surface area contributed by atoms with Crippen molar-refractivity contribution >= 4 is 11.3 Å². The zero-order valence-corrected chi connectivity index (χ0v) is 12.4. The van der Waals surface area contributed by atoms with Crippen molar-refractivity contribution in [3.8, 4) is 5.75 Å². The molecule has 0 spiro atoms. The van der Waals surface area contributed by atoms with Crippen LogP contribution in [0.15, 0.2) is 36.4 Å². The summed E-state index contributed by atoms with van der Waals surface area (Å²) in [6, 6.07) is 12.2. The molecular formula is C16H21NOS. The molecule has 0 bridgehead atoms. The highest BCUT2D eigenvalue weighted by atomic mass is 32.1. The van der Waals surface area contributed by atoms with Gasteiger partial charge in [0.05, 0.1) is 6.61 Å². The van der Waals surface area contributed by atoms with Crippen LogP contribution in [0, 0.1) is 13.8 Å². The van der Waals surface area contributed by atoms with E-state index in [0.717, 1.165) is 31.9 Å². The van der Waals surface area contributed by atoms with Crippen molar-refractivity contribution in [2.75, 3.05) is 13.2 Å². The SMILES string of the molecule is Cc1cc(CNCCCOc2ccccc2)c(C)s1. The lowest BCUT2D eigenvalue weighted by Gasteiger charge is -2.07. The quantitative estimate of drug-likeness (QED) is 0.773. The fourth-order valence-corrected chi connectivity index (χ4v) is 2.93. The summed E-state index contributed by atoms with van der Waals surface area (Å²) < 4.78 is 5.65. The van der Waals surface area contributed by atoms with Gasteiger partial charge in [-0.1, -0.05) is 18.2 Å². The maximum absolute atomic E-state index is 5.65. The number of aryl methyl sites for hydroxylation is 2. The molecule has 0 saturated carbocycles. The van der Waals surface area contributed by atoms with Gasteiger partial charge in [-0.25, -0.2) is 0 Å². The minimum atomic E-state index is 0.763. The molecule has 0 amide bonds. The van der Waals surface area contributed by atoms with Gasteiger partial charge in [0, 0.05) is 16.3 Å². The van der Waals surface area contributed by atoms with Crippen LogP contribution in [0.2, 0.25) is 0 Å². The van der Waals surface area contributed by atoms with Crippen LogP contribution < -0.4 is 10.1 Å². The van der Waals surface area contributed by atoms with Gasteiger partial charge in [-0.05, 0) is 50.6 Å². The highest BCUT2D eigenvalue weighted by Gasteiger charge is 2.01. The zero-order chi connectivity index (χ0) is 13.5. The molecule has 0 saturated heterocycles. The van der Waals surface area contributed by atoms with E-state index in [1.54, 1.807) is 0 Å². The van der Waals surface area contributed by atoms with E-state index in [1.165, 1.54) is 15.3 Å². The number of hydrogen-bond acceptors (Lipinski definition) is 3. The monoisotopic (exact) mass is 275 g/mol. The Morgan fingerprint density at radius 2 is 1.95 bits per heavy atom. The highest BCUT2D eigenvalue weighted by Crippen LogP contribution is 2.20. The maximum Gasteiger partial charge on any atom is 0.119 e. The van der Waals surface area contributed by atoms with Crippen molar-refractivity contribution in [1.82, 2.24) is 5.32 Å². The van der Waals surface area contributed by atoms with E-state index >= 15 is 0 Å². The summed E-state index contributed by atoms with van der Waals surface area (Å²) in [6.45, 7) is 7.06. The molecule has 1 heterocycles. The molecule has 1 N–H and O–H groups in total. The first-order valence-corrected chi connectivity index (χ1v) is 7.52. The molecule has 0 aliphatic heterocycles. The molecule has 0 atom stereocenters. The van der Waals surface area contributed by atoms with Crippen molar-refractivity contribution < 1.29 is 4.74 Å². The fourth-order valence-electron chi connectivity index (χ4n) is 1.99. The molecule has 3 heteroatoms. The van der Waals surface area contributed by atoms with Gasteiger partial charge >= 0.3 is 0 Å². The summed E-state index contributed by atoms with van der Waals surface area (Å²) in [5.74, 6) is 0.951. The summed E-state index contributed by atoms with van der Waals surface area (Å²) in [5.41, 5.74) is 1.42. The van der Waals surface area contributed by atoms with Crippen LogP contribution in [-0.4, -0.2) is 13.2 Å². The van der Waals surface area contributed by atoms with Crippen LogP contribution in [-0.2, 0) is 6.54 Å². The van der Waals surface area contributed by atoms with E-state index in [2.05, 4.69) is 25.2 Å². The van der Waals surface area contributed by atoms with Crippen molar-refractivity contribution in [1.29, 1.82) is 0 Å². The lowest BCUT2D eigenvalue weighted by atomic mass is 10.2. The lowest BCUT2D eigenvalue weighted by molar-refractivity contribution is 0.308. The minimum absolute atomic E-state index is 0.763. The number of hydrogen-bond donors (Lipinski definition) is 1. The minimum Gasteiger partial charge on any atom is -0.494 e. The van der Waals surface area contributed by atoms with E-state index in [0.29, 0.717) is 0 Å². The van der Waals surface area contributed by atoms with Crippen LogP contribution in [0.3, 0.4) is 0 Å². The fraction of sp³-hybridized carbons (Fsp3) is 0.375. The molecule has 0 radical (unpaired) electrons. The molecule has 2 rings (SSSR count). The number of rotatable bonds is 7. The van der Waals surface area contributed by atoms with Gasteiger partial charge in [0.1, 0.15) is 5.75 Å². The summed E-state index contributed by atoms with van der Waals surface area (Å²) >= 11 is 1.87. The normalized spacial score (nSPS) is 10.6. The zero-order valence-electron chi connectivity index (χ0n) is 11.6. The molecule has 0 unspecified atom stereocenters. The first kappa shape index (κ1) is 14.1. The Labute approximate surface area is 119 Å². The molecule has 1 aromatic carbocycles. The Kier molecular flexibility index (Phi) is 5.43. The Morgan fingerprint density at radius 1 is 1.16 bits per heavy atom.